The molecule has 0 saturated heterocycles. The second-order valence-electron chi connectivity index (χ2n) is 9.18. The summed E-state index contributed by atoms with van der Waals surface area (Å²) in [6, 6.07) is 8.58. The van der Waals surface area contributed by atoms with Crippen molar-refractivity contribution in [2.75, 3.05) is 19.3 Å². The molecule has 1 aromatic heterocycles. The highest BCUT2D eigenvalue weighted by Gasteiger charge is 2.28. The first-order valence-corrected chi connectivity index (χ1v) is 12.7. The van der Waals surface area contributed by atoms with E-state index in [9.17, 15) is 8.42 Å². The van der Waals surface area contributed by atoms with Crippen LogP contribution in [-0.2, 0) is 36.0 Å². The van der Waals surface area contributed by atoms with Crippen molar-refractivity contribution in [3.63, 3.8) is 0 Å². The standard InChI is InChI=1S/C22H35N5O2S/c1-16(2)14-18-6-8-19(9-7-18)15-26-11-10-20-23-24-22(27(20)13-12-26)21(17(3)4)25-30(5,28)29/h6-9,16-17,21,25H,10-15H2,1-5H3. The lowest BCUT2D eigenvalue weighted by atomic mass is 10.0. The minimum Gasteiger partial charge on any atom is -0.312 e. The molecule has 7 nitrogen and oxygen atoms in total. The molecule has 1 aromatic carbocycles. The van der Waals surface area contributed by atoms with Crippen molar-refractivity contribution in [3.8, 4) is 0 Å². The van der Waals surface area contributed by atoms with Gasteiger partial charge in [-0.2, -0.15) is 0 Å². The van der Waals surface area contributed by atoms with Gasteiger partial charge in [0.2, 0.25) is 10.0 Å². The fourth-order valence-electron chi connectivity index (χ4n) is 4.01. The molecule has 30 heavy (non-hydrogen) atoms. The van der Waals surface area contributed by atoms with Gasteiger partial charge in [0.1, 0.15) is 5.82 Å². The van der Waals surface area contributed by atoms with Crippen LogP contribution >= 0.6 is 0 Å². The van der Waals surface area contributed by atoms with Gasteiger partial charge in [-0.05, 0) is 29.4 Å². The third kappa shape index (κ3) is 6.12. The van der Waals surface area contributed by atoms with E-state index in [0.717, 1.165) is 44.8 Å². The van der Waals surface area contributed by atoms with Crippen LogP contribution in [0.25, 0.3) is 0 Å². The zero-order chi connectivity index (χ0) is 21.9. The maximum atomic E-state index is 11.8. The Hall–Kier alpha value is -1.77. The predicted molar refractivity (Wildman–Crippen MR) is 120 cm³/mol. The quantitative estimate of drug-likeness (QED) is 0.692. The van der Waals surface area contributed by atoms with Gasteiger partial charge >= 0.3 is 0 Å². The molecule has 1 unspecified atom stereocenters. The van der Waals surface area contributed by atoms with E-state index in [0.29, 0.717) is 11.7 Å². The number of rotatable bonds is 8. The second-order valence-corrected chi connectivity index (χ2v) is 11.0. The van der Waals surface area contributed by atoms with Crippen LogP contribution in [0.5, 0.6) is 0 Å². The van der Waals surface area contributed by atoms with E-state index in [2.05, 4.69) is 62.5 Å². The summed E-state index contributed by atoms with van der Waals surface area (Å²) in [4.78, 5) is 2.43. The largest absolute Gasteiger partial charge is 0.312 e. The molecule has 0 aliphatic carbocycles. The van der Waals surface area contributed by atoms with Crippen molar-refractivity contribution in [2.45, 2.75) is 59.7 Å². The molecule has 0 saturated carbocycles. The van der Waals surface area contributed by atoms with Crippen molar-refractivity contribution in [1.29, 1.82) is 0 Å². The highest BCUT2D eigenvalue weighted by Crippen LogP contribution is 2.23. The van der Waals surface area contributed by atoms with Crippen LogP contribution in [-0.4, -0.2) is 47.4 Å². The molecular weight excluding hydrogens is 398 g/mol. The molecule has 0 radical (unpaired) electrons. The average Bonchev–Trinajstić information content (AvgIpc) is 2.94. The number of aromatic nitrogens is 3. The van der Waals surface area contributed by atoms with E-state index in [1.54, 1.807) is 0 Å². The topological polar surface area (TPSA) is 80.1 Å². The van der Waals surface area contributed by atoms with Crippen molar-refractivity contribution >= 4 is 10.0 Å². The van der Waals surface area contributed by atoms with Crippen molar-refractivity contribution < 1.29 is 8.42 Å². The minimum atomic E-state index is -3.33. The van der Waals surface area contributed by atoms with Gasteiger partial charge in [0.15, 0.2) is 5.82 Å². The summed E-state index contributed by atoms with van der Waals surface area (Å²) in [7, 11) is -3.33. The predicted octanol–water partition coefficient (Wildman–Crippen LogP) is 2.78. The highest BCUT2D eigenvalue weighted by atomic mass is 32.2. The SMILES string of the molecule is CC(C)Cc1ccc(CN2CCc3nnc(C(NS(C)(=O)=O)C(C)C)n3CC2)cc1. The van der Waals surface area contributed by atoms with Crippen LogP contribution in [0.4, 0.5) is 0 Å². The molecule has 0 amide bonds. The normalized spacial score (nSPS) is 16.6. The minimum absolute atomic E-state index is 0.0803. The third-order valence-corrected chi connectivity index (χ3v) is 6.19. The lowest BCUT2D eigenvalue weighted by Gasteiger charge is -2.22. The van der Waals surface area contributed by atoms with Gasteiger partial charge in [0.25, 0.3) is 0 Å². The van der Waals surface area contributed by atoms with E-state index in [-0.39, 0.29) is 12.0 Å². The van der Waals surface area contributed by atoms with Crippen LogP contribution in [0.2, 0.25) is 0 Å². The molecule has 1 atom stereocenters. The Morgan fingerprint density at radius 3 is 2.27 bits per heavy atom. The lowest BCUT2D eigenvalue weighted by Crippen LogP contribution is -2.33. The number of nitrogens with zero attached hydrogens (tertiary/aromatic N) is 4. The molecule has 2 aromatic rings. The highest BCUT2D eigenvalue weighted by molar-refractivity contribution is 7.88. The molecule has 0 bridgehead atoms. The molecule has 8 heteroatoms. The second kappa shape index (κ2) is 9.58. The summed E-state index contributed by atoms with van der Waals surface area (Å²) >= 11 is 0. The van der Waals surface area contributed by atoms with Crippen LogP contribution in [0.1, 0.15) is 56.5 Å². The van der Waals surface area contributed by atoms with Crippen LogP contribution < -0.4 is 4.72 Å². The maximum absolute atomic E-state index is 11.8. The fraction of sp³-hybridized carbons (Fsp3) is 0.636. The van der Waals surface area contributed by atoms with Crippen LogP contribution in [0, 0.1) is 11.8 Å². The Balaban J connectivity index is 1.68. The summed E-state index contributed by atoms with van der Waals surface area (Å²) in [5.41, 5.74) is 2.71. The first-order chi connectivity index (χ1) is 14.1. The van der Waals surface area contributed by atoms with Gasteiger partial charge in [0, 0.05) is 32.6 Å². The van der Waals surface area contributed by atoms with Crippen molar-refractivity contribution in [2.24, 2.45) is 11.8 Å². The molecule has 0 spiro atoms. The number of hydrogen-bond donors (Lipinski definition) is 1. The first kappa shape index (κ1) is 22.9. The Morgan fingerprint density at radius 1 is 1.00 bits per heavy atom. The summed E-state index contributed by atoms with van der Waals surface area (Å²) in [5.74, 6) is 2.39. The summed E-state index contributed by atoms with van der Waals surface area (Å²) in [6.45, 7) is 11.9. The monoisotopic (exact) mass is 433 g/mol. The van der Waals surface area contributed by atoms with Gasteiger partial charge in [0.05, 0.1) is 12.3 Å². The van der Waals surface area contributed by atoms with Crippen molar-refractivity contribution in [1.82, 2.24) is 24.4 Å². The first-order valence-electron chi connectivity index (χ1n) is 10.8. The van der Waals surface area contributed by atoms with Crippen molar-refractivity contribution in [3.05, 3.63) is 47.0 Å². The fourth-order valence-corrected chi connectivity index (χ4v) is 4.84. The molecule has 1 N–H and O–H groups in total. The smallest absolute Gasteiger partial charge is 0.209 e. The average molecular weight is 434 g/mol. The molecule has 0 fully saturated rings. The Labute approximate surface area is 180 Å². The molecule has 166 valence electrons. The number of fused-ring (bicyclic) bond motifs is 1. The van der Waals surface area contributed by atoms with Crippen LogP contribution in [0.15, 0.2) is 24.3 Å². The maximum Gasteiger partial charge on any atom is 0.209 e. The summed E-state index contributed by atoms with van der Waals surface area (Å²) in [6.07, 6.45) is 3.11. The summed E-state index contributed by atoms with van der Waals surface area (Å²) < 4.78 is 28.5. The molecular formula is C22H35N5O2S. The Morgan fingerprint density at radius 2 is 1.67 bits per heavy atom. The Kier molecular flexibility index (Phi) is 7.31. The third-order valence-electron chi connectivity index (χ3n) is 5.51. The van der Waals surface area contributed by atoms with E-state index in [1.807, 2.05) is 13.8 Å². The molecule has 1 aliphatic heterocycles. The molecule has 3 rings (SSSR count). The van der Waals surface area contributed by atoms with E-state index < -0.39 is 10.0 Å². The zero-order valence-corrected chi connectivity index (χ0v) is 19.6. The number of sulfonamides is 1. The Bertz CT molecular complexity index is 935. The number of nitrogens with one attached hydrogen (secondary N) is 1. The zero-order valence-electron chi connectivity index (χ0n) is 18.8. The van der Waals surface area contributed by atoms with Crippen LogP contribution in [0.3, 0.4) is 0 Å². The van der Waals surface area contributed by atoms with Gasteiger partial charge < -0.3 is 4.57 Å². The van der Waals surface area contributed by atoms with Gasteiger partial charge in [-0.25, -0.2) is 13.1 Å². The van der Waals surface area contributed by atoms with E-state index in [4.69, 9.17) is 0 Å². The number of hydrogen-bond acceptors (Lipinski definition) is 5. The van der Waals surface area contributed by atoms with Gasteiger partial charge in [-0.1, -0.05) is 52.0 Å². The summed E-state index contributed by atoms with van der Waals surface area (Å²) in [5, 5.41) is 8.74. The lowest BCUT2D eigenvalue weighted by molar-refractivity contribution is 0.269. The van der Waals surface area contributed by atoms with Gasteiger partial charge in [-0.15, -0.1) is 10.2 Å². The van der Waals surface area contributed by atoms with E-state index >= 15 is 0 Å². The van der Waals surface area contributed by atoms with Gasteiger partial charge in [-0.3, -0.25) is 4.90 Å². The number of benzene rings is 1. The molecule has 1 aliphatic rings. The molecule has 2 heterocycles. The van der Waals surface area contributed by atoms with E-state index in [1.165, 1.54) is 17.4 Å².